The van der Waals surface area contributed by atoms with E-state index in [0.717, 1.165) is 18.7 Å². The maximum Gasteiger partial charge on any atom is 0.276 e. The Morgan fingerprint density at radius 2 is 1.96 bits per heavy atom. The third-order valence-electron chi connectivity index (χ3n) is 5.68. The molecule has 2 N–H and O–H groups in total. The lowest BCUT2D eigenvalue weighted by Gasteiger charge is -2.50. The second kappa shape index (κ2) is 7.38. The third-order valence-corrected chi connectivity index (χ3v) is 5.68. The Bertz CT molecular complexity index is 790. The molecular weight excluding hydrogens is 346 g/mol. The van der Waals surface area contributed by atoms with Crippen LogP contribution in [0.1, 0.15) is 28.2 Å². The molecule has 2 saturated heterocycles. The summed E-state index contributed by atoms with van der Waals surface area (Å²) in [5.74, 6) is -0.144. The molecule has 0 spiro atoms. The van der Waals surface area contributed by atoms with Crippen molar-refractivity contribution in [1.82, 2.24) is 25.2 Å². The van der Waals surface area contributed by atoms with Gasteiger partial charge in [0.05, 0.1) is 24.9 Å². The van der Waals surface area contributed by atoms with Crippen LogP contribution >= 0.6 is 0 Å². The predicted octanol–water partition coefficient (Wildman–Crippen LogP) is 0.548. The van der Waals surface area contributed by atoms with Crippen LogP contribution in [-0.2, 0) is 10.3 Å². The van der Waals surface area contributed by atoms with Crippen molar-refractivity contribution in [3.8, 4) is 0 Å². The third kappa shape index (κ3) is 3.36. The molecule has 3 heterocycles. The average molecular weight is 371 g/mol. The quantitative estimate of drug-likeness (QED) is 0.818. The van der Waals surface area contributed by atoms with Crippen molar-refractivity contribution in [2.45, 2.75) is 25.0 Å². The molecule has 0 unspecified atom stereocenters. The number of aromatic amines is 1. The van der Waals surface area contributed by atoms with E-state index in [0.29, 0.717) is 44.1 Å². The average Bonchev–Trinajstić information content (AvgIpc) is 3.15. The zero-order valence-electron chi connectivity index (χ0n) is 15.5. The number of likely N-dealkylation sites (tertiary alicyclic amines) is 1. The Kier molecular flexibility index (Phi) is 4.94. The van der Waals surface area contributed by atoms with Gasteiger partial charge in [-0.25, -0.2) is 0 Å². The van der Waals surface area contributed by atoms with E-state index < -0.39 is 5.60 Å². The number of carbonyl (C=O) groups is 1. The van der Waals surface area contributed by atoms with Crippen LogP contribution in [0.25, 0.3) is 0 Å². The maximum absolute atomic E-state index is 12.9. The summed E-state index contributed by atoms with van der Waals surface area (Å²) in [6.07, 6.45) is 0.474. The molecule has 2 atom stereocenters. The van der Waals surface area contributed by atoms with Crippen molar-refractivity contribution >= 4 is 5.91 Å². The molecule has 1 aromatic heterocycles. The Morgan fingerprint density at radius 1 is 1.22 bits per heavy atom. The summed E-state index contributed by atoms with van der Waals surface area (Å²) >= 11 is 0. The molecule has 0 aliphatic carbocycles. The first-order chi connectivity index (χ1) is 13.1. The van der Waals surface area contributed by atoms with Crippen LogP contribution in [0.5, 0.6) is 0 Å². The minimum Gasteiger partial charge on any atom is -0.383 e. The van der Waals surface area contributed by atoms with Gasteiger partial charge in [0, 0.05) is 26.2 Å². The number of hydrogen-bond acceptors (Lipinski definition) is 6. The number of rotatable bonds is 3. The molecular formula is C19H25N5O3. The van der Waals surface area contributed by atoms with Crippen molar-refractivity contribution < 1.29 is 14.6 Å². The van der Waals surface area contributed by atoms with Gasteiger partial charge in [-0.05, 0) is 18.9 Å². The van der Waals surface area contributed by atoms with E-state index in [1.807, 2.05) is 30.3 Å². The first kappa shape index (κ1) is 18.1. The standard InChI is InChI=1S/C19H25N5O3/c1-14-17(21-22-20-14)18(25)24-8-7-19(26,15-5-3-2-4-6-15)16(13-24)23-9-11-27-12-10-23/h2-6,16,26H,7-13H2,1H3,(H,20,21,22)/t16-,19+/m1/s1. The largest absolute Gasteiger partial charge is 0.383 e. The number of nitrogens with one attached hydrogen (secondary N) is 1. The summed E-state index contributed by atoms with van der Waals surface area (Å²) in [5, 5.41) is 22.2. The number of aromatic nitrogens is 3. The van der Waals surface area contributed by atoms with Crippen LogP contribution in [0.4, 0.5) is 0 Å². The number of piperidine rings is 1. The van der Waals surface area contributed by atoms with Crippen molar-refractivity contribution in [2.24, 2.45) is 0 Å². The fourth-order valence-electron chi connectivity index (χ4n) is 4.11. The number of benzene rings is 1. The normalized spacial score (nSPS) is 26.9. The summed E-state index contributed by atoms with van der Waals surface area (Å²) in [5.41, 5.74) is 0.827. The highest BCUT2D eigenvalue weighted by atomic mass is 16.5. The molecule has 2 aromatic rings. The summed E-state index contributed by atoms with van der Waals surface area (Å²) in [6, 6.07) is 9.57. The molecule has 144 valence electrons. The summed E-state index contributed by atoms with van der Waals surface area (Å²) in [7, 11) is 0. The molecule has 0 saturated carbocycles. The SMILES string of the molecule is Cc1n[nH]nc1C(=O)N1CC[C@](O)(c2ccccc2)[C@H](N2CCOCC2)C1. The van der Waals surface area contributed by atoms with Gasteiger partial charge in [-0.3, -0.25) is 9.69 Å². The zero-order chi connectivity index (χ0) is 18.9. The maximum atomic E-state index is 12.9. The second-order valence-corrected chi connectivity index (χ2v) is 7.21. The van der Waals surface area contributed by atoms with Crippen LogP contribution in [0.3, 0.4) is 0 Å². The van der Waals surface area contributed by atoms with E-state index in [-0.39, 0.29) is 11.9 Å². The van der Waals surface area contributed by atoms with Crippen LogP contribution in [0.15, 0.2) is 30.3 Å². The van der Waals surface area contributed by atoms with Gasteiger partial charge in [-0.2, -0.15) is 15.4 Å². The fourth-order valence-corrected chi connectivity index (χ4v) is 4.11. The Hall–Kier alpha value is -2.29. The van der Waals surface area contributed by atoms with Gasteiger partial charge in [0.25, 0.3) is 5.91 Å². The minimum atomic E-state index is -1.01. The highest BCUT2D eigenvalue weighted by Gasteiger charge is 2.47. The number of aliphatic hydroxyl groups is 1. The fraction of sp³-hybridized carbons (Fsp3) is 0.526. The lowest BCUT2D eigenvalue weighted by atomic mass is 9.79. The first-order valence-corrected chi connectivity index (χ1v) is 9.36. The molecule has 4 rings (SSSR count). The van der Waals surface area contributed by atoms with Crippen molar-refractivity contribution in [3.63, 3.8) is 0 Å². The number of morpholine rings is 1. The molecule has 2 aliphatic rings. The van der Waals surface area contributed by atoms with Gasteiger partial charge >= 0.3 is 0 Å². The van der Waals surface area contributed by atoms with Gasteiger partial charge in [-0.1, -0.05) is 30.3 Å². The van der Waals surface area contributed by atoms with Gasteiger partial charge in [0.15, 0.2) is 5.69 Å². The smallest absolute Gasteiger partial charge is 0.276 e. The van der Waals surface area contributed by atoms with E-state index >= 15 is 0 Å². The molecule has 0 radical (unpaired) electrons. The number of nitrogens with zero attached hydrogens (tertiary/aromatic N) is 4. The van der Waals surface area contributed by atoms with Crippen molar-refractivity contribution in [2.75, 3.05) is 39.4 Å². The number of amides is 1. The van der Waals surface area contributed by atoms with Crippen LogP contribution in [0.2, 0.25) is 0 Å². The van der Waals surface area contributed by atoms with E-state index in [1.165, 1.54) is 0 Å². The van der Waals surface area contributed by atoms with Crippen LogP contribution in [-0.4, -0.2) is 81.7 Å². The highest BCUT2D eigenvalue weighted by Crippen LogP contribution is 2.36. The number of H-pyrrole nitrogens is 1. The Balaban J connectivity index is 1.63. The van der Waals surface area contributed by atoms with Gasteiger partial charge in [-0.15, -0.1) is 0 Å². The molecule has 8 nitrogen and oxygen atoms in total. The molecule has 2 aliphatic heterocycles. The molecule has 1 amide bonds. The Labute approximate surface area is 158 Å². The van der Waals surface area contributed by atoms with Gasteiger partial charge in [0.1, 0.15) is 5.60 Å². The van der Waals surface area contributed by atoms with Crippen LogP contribution < -0.4 is 0 Å². The molecule has 2 fully saturated rings. The monoisotopic (exact) mass is 371 g/mol. The summed E-state index contributed by atoms with van der Waals surface area (Å²) in [6.45, 7) is 5.43. The molecule has 27 heavy (non-hydrogen) atoms. The topological polar surface area (TPSA) is 94.6 Å². The van der Waals surface area contributed by atoms with E-state index in [1.54, 1.807) is 11.8 Å². The zero-order valence-corrected chi connectivity index (χ0v) is 15.5. The predicted molar refractivity (Wildman–Crippen MR) is 98.2 cm³/mol. The van der Waals surface area contributed by atoms with Crippen LogP contribution in [0, 0.1) is 6.92 Å². The van der Waals surface area contributed by atoms with E-state index in [9.17, 15) is 9.90 Å². The van der Waals surface area contributed by atoms with Gasteiger partial charge < -0.3 is 14.7 Å². The van der Waals surface area contributed by atoms with E-state index in [2.05, 4.69) is 20.3 Å². The van der Waals surface area contributed by atoms with Gasteiger partial charge in [0.2, 0.25) is 0 Å². The minimum absolute atomic E-state index is 0.144. The second-order valence-electron chi connectivity index (χ2n) is 7.21. The highest BCUT2D eigenvalue weighted by molar-refractivity contribution is 5.93. The summed E-state index contributed by atoms with van der Waals surface area (Å²) in [4.78, 5) is 17.0. The number of hydrogen-bond donors (Lipinski definition) is 2. The number of carbonyl (C=O) groups excluding carboxylic acids is 1. The lowest BCUT2D eigenvalue weighted by molar-refractivity contribution is -0.112. The number of ether oxygens (including phenoxy) is 1. The first-order valence-electron chi connectivity index (χ1n) is 9.36. The Morgan fingerprint density at radius 3 is 2.63 bits per heavy atom. The molecule has 8 heteroatoms. The van der Waals surface area contributed by atoms with E-state index in [4.69, 9.17) is 4.74 Å². The molecule has 0 bridgehead atoms. The lowest BCUT2D eigenvalue weighted by Crippen LogP contribution is -2.63. The number of aryl methyl sites for hydroxylation is 1. The van der Waals surface area contributed by atoms with Crippen molar-refractivity contribution in [1.29, 1.82) is 0 Å². The van der Waals surface area contributed by atoms with Crippen molar-refractivity contribution in [3.05, 3.63) is 47.3 Å². The summed E-state index contributed by atoms with van der Waals surface area (Å²) < 4.78 is 5.49. The molecule has 1 aromatic carbocycles.